The van der Waals surface area contributed by atoms with Crippen LogP contribution in [0.15, 0.2) is 18.2 Å². The molecule has 13 heteroatoms. The first kappa shape index (κ1) is 20.8. The van der Waals surface area contributed by atoms with Crippen LogP contribution >= 0.6 is 22.6 Å². The topological polar surface area (TPSA) is 35.0 Å². The minimum absolute atomic E-state index is 0.0506. The molecule has 0 saturated heterocycles. The first-order valence-electron chi connectivity index (χ1n) is 6.38. The van der Waals surface area contributed by atoms with E-state index in [0.29, 0.717) is 0 Å². The molecule has 0 unspecified atom stereocenters. The first-order chi connectivity index (χ1) is 11.7. The van der Waals surface area contributed by atoms with Crippen molar-refractivity contribution in [1.82, 2.24) is 9.97 Å². The number of ether oxygens (including phenoxy) is 1. The summed E-state index contributed by atoms with van der Waals surface area (Å²) in [6.45, 7) is 0. The molecule has 0 atom stereocenters. The number of benzene rings is 1. The fraction of sp³-hybridized carbons (Fsp3) is 0.385. The summed E-state index contributed by atoms with van der Waals surface area (Å²) in [6, 6.07) is 3.53. The molecule has 0 fully saturated rings. The van der Waals surface area contributed by atoms with Crippen LogP contribution in [0.1, 0.15) is 5.69 Å². The van der Waals surface area contributed by atoms with E-state index in [4.69, 9.17) is 4.74 Å². The minimum atomic E-state index is -7.00. The Balaban J connectivity index is 2.69. The number of fused-ring (bicyclic) bond motifs is 1. The van der Waals surface area contributed by atoms with E-state index < -0.39 is 38.9 Å². The highest BCUT2D eigenvalue weighted by Gasteiger charge is 2.82. The molecule has 0 aliphatic rings. The smallest absolute Gasteiger partial charge is 0.460 e. The van der Waals surface area contributed by atoms with E-state index in [1.54, 1.807) is 0 Å². The Labute approximate surface area is 152 Å². The van der Waals surface area contributed by atoms with Crippen molar-refractivity contribution in [2.45, 2.75) is 23.9 Å². The molecule has 1 aromatic carbocycles. The van der Waals surface area contributed by atoms with Gasteiger partial charge in [-0.25, -0.2) is 9.97 Å². The minimum Gasteiger partial charge on any atom is -0.497 e. The van der Waals surface area contributed by atoms with E-state index in [-0.39, 0.29) is 11.3 Å². The van der Waals surface area contributed by atoms with Gasteiger partial charge >= 0.3 is 23.9 Å². The summed E-state index contributed by atoms with van der Waals surface area (Å²) in [4.78, 5) is 6.64. The number of rotatable bonds is 4. The molecule has 0 aliphatic heterocycles. The summed E-state index contributed by atoms with van der Waals surface area (Å²) in [5.41, 5.74) is -2.54. The molecule has 0 amide bonds. The Kier molecular flexibility index (Phi) is 5.00. The normalized spacial score (nSPS) is 14.0. The monoisotopic (exact) mass is 504 g/mol. The van der Waals surface area contributed by atoms with Gasteiger partial charge in [0.15, 0.2) is 0 Å². The van der Waals surface area contributed by atoms with Crippen LogP contribution in [-0.2, 0) is 5.92 Å². The molecular formula is C13H6F9IN2O. The van der Waals surface area contributed by atoms with Crippen molar-refractivity contribution in [1.29, 1.82) is 0 Å². The van der Waals surface area contributed by atoms with Gasteiger partial charge in [-0.15, -0.1) is 0 Å². The van der Waals surface area contributed by atoms with Gasteiger partial charge < -0.3 is 4.74 Å². The van der Waals surface area contributed by atoms with Crippen molar-refractivity contribution in [3.05, 3.63) is 27.6 Å². The van der Waals surface area contributed by atoms with Gasteiger partial charge in [0.2, 0.25) is 0 Å². The van der Waals surface area contributed by atoms with Gasteiger partial charge in [-0.3, -0.25) is 0 Å². The van der Waals surface area contributed by atoms with Crippen LogP contribution in [0.5, 0.6) is 5.75 Å². The number of hydrogen-bond acceptors (Lipinski definition) is 3. The molecule has 2 aromatic rings. The molecule has 144 valence electrons. The van der Waals surface area contributed by atoms with E-state index in [1.165, 1.54) is 19.2 Å². The lowest BCUT2D eigenvalue weighted by molar-refractivity contribution is -0.400. The maximum atomic E-state index is 14.1. The fourth-order valence-corrected chi connectivity index (χ4v) is 2.58. The Hall–Kier alpha value is -1.54. The van der Waals surface area contributed by atoms with Crippen molar-refractivity contribution in [2.75, 3.05) is 7.11 Å². The number of nitrogens with zero attached hydrogens (tertiary/aromatic N) is 2. The zero-order valence-electron chi connectivity index (χ0n) is 12.3. The van der Waals surface area contributed by atoms with Crippen LogP contribution in [0.2, 0.25) is 0 Å². The summed E-state index contributed by atoms with van der Waals surface area (Å²) < 4.78 is 122. The molecule has 0 bridgehead atoms. The highest BCUT2D eigenvalue weighted by Crippen LogP contribution is 2.56. The van der Waals surface area contributed by atoms with Crippen LogP contribution in [0.4, 0.5) is 39.5 Å². The molecule has 0 N–H and O–H groups in total. The fourth-order valence-electron chi connectivity index (χ4n) is 1.86. The van der Waals surface area contributed by atoms with Crippen LogP contribution in [-0.4, -0.2) is 35.1 Å². The average Bonchev–Trinajstić information content (AvgIpc) is 2.52. The first-order valence-corrected chi connectivity index (χ1v) is 7.46. The van der Waals surface area contributed by atoms with Crippen LogP contribution < -0.4 is 4.74 Å². The Morgan fingerprint density at radius 2 is 1.42 bits per heavy atom. The van der Waals surface area contributed by atoms with Gasteiger partial charge in [0.1, 0.15) is 15.1 Å². The van der Waals surface area contributed by atoms with Crippen molar-refractivity contribution >= 4 is 33.6 Å². The highest BCUT2D eigenvalue weighted by atomic mass is 127. The van der Waals surface area contributed by atoms with Gasteiger partial charge in [0.25, 0.3) is 0 Å². The Bertz CT molecular complexity index is 838. The third-order valence-electron chi connectivity index (χ3n) is 3.27. The van der Waals surface area contributed by atoms with Crippen LogP contribution in [0, 0.1) is 3.70 Å². The largest absolute Gasteiger partial charge is 0.497 e. The number of alkyl halides is 9. The number of aromatic nitrogens is 2. The van der Waals surface area contributed by atoms with Gasteiger partial charge in [-0.2, -0.15) is 39.5 Å². The third kappa shape index (κ3) is 3.03. The summed E-state index contributed by atoms with van der Waals surface area (Å²) >= 11 is 0.996. The summed E-state index contributed by atoms with van der Waals surface area (Å²) in [6.07, 6.45) is -6.90. The molecule has 0 spiro atoms. The van der Waals surface area contributed by atoms with E-state index >= 15 is 0 Å². The molecule has 1 aromatic heterocycles. The van der Waals surface area contributed by atoms with Crippen LogP contribution in [0.25, 0.3) is 11.0 Å². The SMILES string of the molecule is COc1ccc2nc(I)c(C(F)(F)C(F)(F)C(F)(F)C(F)(F)F)nc2c1. The second-order valence-corrected chi connectivity index (χ2v) is 5.96. The molecular weight excluding hydrogens is 498 g/mol. The molecule has 3 nitrogen and oxygen atoms in total. The molecule has 0 radical (unpaired) electrons. The summed E-state index contributed by atoms with van der Waals surface area (Å²) in [7, 11) is 1.19. The Morgan fingerprint density at radius 1 is 0.846 bits per heavy atom. The summed E-state index contributed by atoms with van der Waals surface area (Å²) in [5, 5.41) is 0. The number of halogens is 10. The molecule has 0 aliphatic carbocycles. The lowest BCUT2D eigenvalue weighted by Crippen LogP contribution is -2.60. The number of hydrogen-bond donors (Lipinski definition) is 0. The van der Waals surface area contributed by atoms with E-state index in [2.05, 4.69) is 9.97 Å². The van der Waals surface area contributed by atoms with Gasteiger partial charge in [-0.1, -0.05) is 0 Å². The molecule has 2 rings (SSSR count). The third-order valence-corrected chi connectivity index (χ3v) is 4.02. The maximum absolute atomic E-state index is 14.1. The van der Waals surface area contributed by atoms with Crippen molar-refractivity contribution < 1.29 is 44.3 Å². The molecule has 1 heterocycles. The van der Waals surface area contributed by atoms with Crippen molar-refractivity contribution in [3.8, 4) is 5.75 Å². The summed E-state index contributed by atoms with van der Waals surface area (Å²) in [5.74, 6) is -19.7. The second kappa shape index (κ2) is 6.27. The van der Waals surface area contributed by atoms with Gasteiger partial charge in [-0.05, 0) is 34.7 Å². The predicted octanol–water partition coefficient (Wildman–Crippen LogP) is 5.17. The molecule has 26 heavy (non-hydrogen) atoms. The zero-order valence-corrected chi connectivity index (χ0v) is 14.5. The maximum Gasteiger partial charge on any atom is 0.460 e. The van der Waals surface area contributed by atoms with E-state index in [9.17, 15) is 39.5 Å². The van der Waals surface area contributed by atoms with Crippen molar-refractivity contribution in [2.24, 2.45) is 0 Å². The quantitative estimate of drug-likeness (QED) is 0.426. The highest BCUT2D eigenvalue weighted by molar-refractivity contribution is 14.1. The standard InChI is InChI=1S/C13H6F9IN2O/c1-26-5-2-3-6-7(4-5)24-8(9(23)25-6)10(14,15)11(16,17)12(18,19)13(20,21)22/h2-4H,1H3. The lowest BCUT2D eigenvalue weighted by atomic mass is 10.0. The van der Waals surface area contributed by atoms with Crippen LogP contribution in [0.3, 0.4) is 0 Å². The second-order valence-electron chi connectivity index (χ2n) is 4.94. The van der Waals surface area contributed by atoms with E-state index in [1.807, 2.05) is 0 Å². The van der Waals surface area contributed by atoms with Gasteiger partial charge in [0, 0.05) is 6.07 Å². The molecule has 0 saturated carbocycles. The zero-order chi connectivity index (χ0) is 20.1. The van der Waals surface area contributed by atoms with Gasteiger partial charge in [0.05, 0.1) is 18.1 Å². The van der Waals surface area contributed by atoms with E-state index in [0.717, 1.165) is 28.7 Å². The average molecular weight is 504 g/mol. The number of methoxy groups -OCH3 is 1. The Morgan fingerprint density at radius 3 is 1.92 bits per heavy atom. The van der Waals surface area contributed by atoms with Crippen molar-refractivity contribution in [3.63, 3.8) is 0 Å². The predicted molar refractivity (Wildman–Crippen MR) is 78.6 cm³/mol. The lowest BCUT2D eigenvalue weighted by Gasteiger charge is -2.33.